The summed E-state index contributed by atoms with van der Waals surface area (Å²) in [5.41, 5.74) is 9.44. The number of halogens is 2. The number of aryl methyl sites for hydroxylation is 1. The summed E-state index contributed by atoms with van der Waals surface area (Å²) in [7, 11) is 0. The molecule has 0 aliphatic heterocycles. The van der Waals surface area contributed by atoms with E-state index >= 15 is 0 Å². The van der Waals surface area contributed by atoms with E-state index in [0.29, 0.717) is 10.0 Å². The molecule has 1 aromatic carbocycles. The number of rotatable bonds is 3. The summed E-state index contributed by atoms with van der Waals surface area (Å²) in [5, 5.41) is 5.74. The summed E-state index contributed by atoms with van der Waals surface area (Å²) < 4.78 is 1.77. The number of aromatic nitrogens is 2. The van der Waals surface area contributed by atoms with Crippen LogP contribution in [0.15, 0.2) is 18.2 Å². The van der Waals surface area contributed by atoms with Gasteiger partial charge >= 0.3 is 0 Å². The zero-order valence-corrected chi connectivity index (χ0v) is 12.8. The molecule has 2 aromatic rings. The molecule has 102 valence electrons. The van der Waals surface area contributed by atoms with Crippen LogP contribution in [0.1, 0.15) is 23.9 Å². The number of hydrogen-bond donors (Lipinski definition) is 1. The lowest BCUT2D eigenvalue weighted by Gasteiger charge is -2.10. The minimum atomic E-state index is 0.116. The summed E-state index contributed by atoms with van der Waals surface area (Å²) in [6.07, 6.45) is 0.803. The average molecular weight is 298 g/mol. The Labute approximate surface area is 123 Å². The highest BCUT2D eigenvalue weighted by atomic mass is 35.5. The lowest BCUT2D eigenvalue weighted by atomic mass is 10.1. The van der Waals surface area contributed by atoms with Crippen molar-refractivity contribution in [1.29, 1.82) is 0 Å². The highest BCUT2D eigenvalue weighted by Gasteiger charge is 2.13. The van der Waals surface area contributed by atoms with Crippen molar-refractivity contribution in [2.75, 3.05) is 0 Å². The molecule has 1 unspecified atom stereocenters. The van der Waals surface area contributed by atoms with Crippen LogP contribution in [0.5, 0.6) is 0 Å². The molecule has 0 aliphatic carbocycles. The predicted molar refractivity (Wildman–Crippen MR) is 80.4 cm³/mol. The molecule has 0 aliphatic rings. The van der Waals surface area contributed by atoms with Gasteiger partial charge in [-0.05, 0) is 44.9 Å². The molecule has 0 saturated carbocycles. The third-order valence-electron chi connectivity index (χ3n) is 3.00. The first kappa shape index (κ1) is 14.4. The summed E-state index contributed by atoms with van der Waals surface area (Å²) in [4.78, 5) is 0. The van der Waals surface area contributed by atoms with Gasteiger partial charge in [-0.1, -0.05) is 29.3 Å². The van der Waals surface area contributed by atoms with Gasteiger partial charge in [0.2, 0.25) is 0 Å². The van der Waals surface area contributed by atoms with Crippen LogP contribution in [0.3, 0.4) is 0 Å². The highest BCUT2D eigenvalue weighted by molar-refractivity contribution is 6.33. The van der Waals surface area contributed by atoms with Crippen LogP contribution in [0.2, 0.25) is 10.0 Å². The van der Waals surface area contributed by atoms with Crippen molar-refractivity contribution in [2.45, 2.75) is 33.2 Å². The van der Waals surface area contributed by atoms with E-state index in [4.69, 9.17) is 28.9 Å². The number of benzene rings is 1. The second kappa shape index (κ2) is 5.53. The zero-order valence-electron chi connectivity index (χ0n) is 11.2. The Morgan fingerprint density at radius 1 is 1.32 bits per heavy atom. The highest BCUT2D eigenvalue weighted by Crippen LogP contribution is 2.27. The van der Waals surface area contributed by atoms with E-state index in [0.717, 1.165) is 29.1 Å². The van der Waals surface area contributed by atoms with E-state index in [-0.39, 0.29) is 6.04 Å². The second-order valence-corrected chi connectivity index (χ2v) is 5.65. The smallest absolute Gasteiger partial charge is 0.0848 e. The molecule has 1 heterocycles. The van der Waals surface area contributed by atoms with Gasteiger partial charge in [-0.15, -0.1) is 0 Å². The molecule has 2 rings (SSSR count). The molecule has 5 heteroatoms. The van der Waals surface area contributed by atoms with Gasteiger partial charge < -0.3 is 5.73 Å². The second-order valence-electron chi connectivity index (χ2n) is 4.86. The van der Waals surface area contributed by atoms with Gasteiger partial charge in [0.25, 0.3) is 0 Å². The van der Waals surface area contributed by atoms with Crippen molar-refractivity contribution in [2.24, 2.45) is 5.73 Å². The number of nitrogens with zero attached hydrogens (tertiary/aromatic N) is 2. The van der Waals surface area contributed by atoms with E-state index in [1.807, 2.05) is 39.0 Å². The van der Waals surface area contributed by atoms with Crippen molar-refractivity contribution in [1.82, 2.24) is 9.78 Å². The maximum Gasteiger partial charge on any atom is 0.0848 e. The first-order valence-corrected chi connectivity index (χ1v) is 6.92. The third kappa shape index (κ3) is 2.94. The van der Waals surface area contributed by atoms with Crippen LogP contribution >= 0.6 is 23.2 Å². The van der Waals surface area contributed by atoms with Gasteiger partial charge in [0.15, 0.2) is 0 Å². The summed E-state index contributed by atoms with van der Waals surface area (Å²) in [5.74, 6) is 0. The number of nitrogens with two attached hydrogens (primary N) is 1. The average Bonchev–Trinajstić information content (AvgIpc) is 2.56. The Morgan fingerprint density at radius 3 is 2.47 bits per heavy atom. The van der Waals surface area contributed by atoms with Crippen LogP contribution in [-0.4, -0.2) is 15.8 Å². The van der Waals surface area contributed by atoms with Crippen LogP contribution in [0.4, 0.5) is 0 Å². The summed E-state index contributed by atoms with van der Waals surface area (Å²) in [6, 6.07) is 6.03. The fraction of sp³-hybridized carbons (Fsp3) is 0.357. The Balaban J connectivity index is 2.43. The van der Waals surface area contributed by atoms with E-state index in [9.17, 15) is 0 Å². The molecule has 1 atom stereocenters. The minimum absolute atomic E-state index is 0.116. The molecular formula is C14H17Cl2N3. The molecule has 0 radical (unpaired) electrons. The first-order valence-electron chi connectivity index (χ1n) is 6.16. The number of hydrogen-bond acceptors (Lipinski definition) is 2. The Hall–Kier alpha value is -1.03. The molecule has 1 aromatic heterocycles. The van der Waals surface area contributed by atoms with Crippen LogP contribution in [0, 0.1) is 13.8 Å². The fourth-order valence-corrected chi connectivity index (χ4v) is 2.48. The lowest BCUT2D eigenvalue weighted by molar-refractivity contribution is 0.737. The summed E-state index contributed by atoms with van der Waals surface area (Å²) >= 11 is 12.5. The van der Waals surface area contributed by atoms with Crippen molar-refractivity contribution >= 4 is 23.2 Å². The van der Waals surface area contributed by atoms with Crippen molar-refractivity contribution in [3.63, 3.8) is 0 Å². The van der Waals surface area contributed by atoms with Gasteiger partial charge in [-0.25, -0.2) is 4.68 Å². The monoisotopic (exact) mass is 297 g/mol. The molecule has 0 bridgehead atoms. The van der Waals surface area contributed by atoms with E-state index in [2.05, 4.69) is 5.10 Å². The molecule has 19 heavy (non-hydrogen) atoms. The maximum absolute atomic E-state index is 6.34. The standard InChI is InChI=1S/C14H17Cl2N3/c1-8(17)6-11-4-5-13(12(15)7-11)19-10(3)14(16)9(2)18-19/h4-5,7-8H,6,17H2,1-3H3. The van der Waals surface area contributed by atoms with E-state index < -0.39 is 0 Å². The van der Waals surface area contributed by atoms with Gasteiger partial charge in [-0.3, -0.25) is 0 Å². The predicted octanol–water partition coefficient (Wildman–Crippen LogP) is 3.69. The van der Waals surface area contributed by atoms with E-state index in [1.165, 1.54) is 0 Å². The fourth-order valence-electron chi connectivity index (χ4n) is 2.08. The van der Waals surface area contributed by atoms with Crippen molar-refractivity contribution in [3.8, 4) is 5.69 Å². The molecule has 0 amide bonds. The van der Waals surface area contributed by atoms with Gasteiger partial charge in [0, 0.05) is 6.04 Å². The van der Waals surface area contributed by atoms with E-state index in [1.54, 1.807) is 4.68 Å². The maximum atomic E-state index is 6.34. The topological polar surface area (TPSA) is 43.8 Å². The molecular weight excluding hydrogens is 281 g/mol. The minimum Gasteiger partial charge on any atom is -0.328 e. The van der Waals surface area contributed by atoms with Crippen molar-refractivity contribution < 1.29 is 0 Å². The van der Waals surface area contributed by atoms with Crippen LogP contribution in [-0.2, 0) is 6.42 Å². The normalized spacial score (nSPS) is 12.7. The van der Waals surface area contributed by atoms with Gasteiger partial charge in [0.05, 0.1) is 27.1 Å². The van der Waals surface area contributed by atoms with Crippen LogP contribution in [0.25, 0.3) is 5.69 Å². The molecule has 0 spiro atoms. The Bertz CT molecular complexity index is 603. The third-order valence-corrected chi connectivity index (χ3v) is 3.85. The zero-order chi connectivity index (χ0) is 14.2. The SMILES string of the molecule is Cc1nn(-c2ccc(CC(C)N)cc2Cl)c(C)c1Cl. The molecule has 0 saturated heterocycles. The van der Waals surface area contributed by atoms with Gasteiger partial charge in [-0.2, -0.15) is 5.10 Å². The lowest BCUT2D eigenvalue weighted by Crippen LogP contribution is -2.17. The molecule has 0 fully saturated rings. The van der Waals surface area contributed by atoms with Crippen molar-refractivity contribution in [3.05, 3.63) is 45.2 Å². The Morgan fingerprint density at radius 2 is 2.00 bits per heavy atom. The molecule has 3 nitrogen and oxygen atoms in total. The summed E-state index contributed by atoms with van der Waals surface area (Å²) in [6.45, 7) is 5.78. The quantitative estimate of drug-likeness (QED) is 0.939. The Kier molecular flexibility index (Phi) is 4.19. The van der Waals surface area contributed by atoms with Gasteiger partial charge in [0.1, 0.15) is 0 Å². The first-order chi connectivity index (χ1) is 8.90. The largest absolute Gasteiger partial charge is 0.328 e. The molecule has 2 N–H and O–H groups in total. The van der Waals surface area contributed by atoms with Crippen LogP contribution < -0.4 is 5.73 Å².